The molecule has 0 unspecified atom stereocenters. The van der Waals surface area contributed by atoms with Crippen molar-refractivity contribution in [3.05, 3.63) is 42.0 Å². The quantitative estimate of drug-likeness (QED) is 0.539. The fourth-order valence-corrected chi connectivity index (χ4v) is 1.60. The summed E-state index contributed by atoms with van der Waals surface area (Å²) in [6, 6.07) is 7.66. The van der Waals surface area contributed by atoms with Crippen molar-refractivity contribution in [2.75, 3.05) is 17.3 Å². The second-order valence-electron chi connectivity index (χ2n) is 3.83. The monoisotopic (exact) mass is 244 g/mol. The molecule has 2 rings (SSSR count). The lowest BCUT2D eigenvalue weighted by molar-refractivity contribution is 0.943. The molecule has 0 aliphatic carbocycles. The summed E-state index contributed by atoms with van der Waals surface area (Å²) in [5, 5.41) is 3.22. The van der Waals surface area contributed by atoms with E-state index < -0.39 is 0 Å². The van der Waals surface area contributed by atoms with Crippen molar-refractivity contribution in [2.45, 2.75) is 13.3 Å². The van der Waals surface area contributed by atoms with Gasteiger partial charge in [0.15, 0.2) is 0 Å². The van der Waals surface area contributed by atoms with Crippen LogP contribution in [0, 0.1) is 6.92 Å². The zero-order valence-electron chi connectivity index (χ0n) is 10.2. The Morgan fingerprint density at radius 2 is 2.06 bits per heavy atom. The Bertz CT molecular complexity index is 499. The van der Waals surface area contributed by atoms with Gasteiger partial charge in [-0.05, 0) is 19.1 Å². The summed E-state index contributed by atoms with van der Waals surface area (Å²) >= 11 is 0. The van der Waals surface area contributed by atoms with Crippen LogP contribution in [0.4, 0.5) is 11.6 Å². The molecule has 2 aromatic rings. The highest BCUT2D eigenvalue weighted by molar-refractivity contribution is 5.46. The van der Waals surface area contributed by atoms with Gasteiger partial charge >= 0.3 is 0 Å². The summed E-state index contributed by atoms with van der Waals surface area (Å²) in [5.74, 6) is 7.36. The average Bonchev–Trinajstić information content (AvgIpc) is 2.39. The smallest absolute Gasteiger partial charge is 0.145 e. The van der Waals surface area contributed by atoms with Crippen LogP contribution in [0.3, 0.4) is 0 Å². The normalized spacial score (nSPS) is 10.1. The van der Waals surface area contributed by atoms with E-state index in [0.717, 1.165) is 24.5 Å². The van der Waals surface area contributed by atoms with E-state index in [-0.39, 0.29) is 0 Å². The van der Waals surface area contributed by atoms with E-state index in [2.05, 4.69) is 25.7 Å². The van der Waals surface area contributed by atoms with E-state index in [1.165, 1.54) is 0 Å². The van der Waals surface area contributed by atoms with Crippen LogP contribution in [-0.4, -0.2) is 21.5 Å². The summed E-state index contributed by atoms with van der Waals surface area (Å²) in [4.78, 5) is 12.6. The molecule has 0 aromatic carbocycles. The van der Waals surface area contributed by atoms with E-state index >= 15 is 0 Å². The molecule has 0 bridgehead atoms. The van der Waals surface area contributed by atoms with Gasteiger partial charge in [-0.3, -0.25) is 4.98 Å². The molecule has 0 saturated carbocycles. The number of nitrogens with one attached hydrogen (secondary N) is 2. The average molecular weight is 244 g/mol. The van der Waals surface area contributed by atoms with Gasteiger partial charge in [0.05, 0.1) is 0 Å². The van der Waals surface area contributed by atoms with Crippen molar-refractivity contribution in [1.29, 1.82) is 0 Å². The SMILES string of the molecule is Cc1nc(NN)cc(NCCc2ccccn2)n1. The van der Waals surface area contributed by atoms with Crippen LogP contribution in [0.2, 0.25) is 0 Å². The Kier molecular flexibility index (Phi) is 4.03. The first kappa shape index (κ1) is 12.3. The number of pyridine rings is 1. The number of aromatic nitrogens is 3. The standard InChI is InChI=1S/C12H16N6/c1-9-16-11(8-12(17-9)18-13)15-7-5-10-4-2-3-6-14-10/h2-4,6,8H,5,7,13H2,1H3,(H2,15,16,17,18). The summed E-state index contributed by atoms with van der Waals surface area (Å²) < 4.78 is 0. The number of anilines is 2. The number of nitrogens with two attached hydrogens (primary N) is 1. The zero-order chi connectivity index (χ0) is 12.8. The Labute approximate surface area is 106 Å². The molecular weight excluding hydrogens is 228 g/mol. The van der Waals surface area contributed by atoms with Crippen molar-refractivity contribution in [3.8, 4) is 0 Å². The van der Waals surface area contributed by atoms with Gasteiger partial charge in [0.25, 0.3) is 0 Å². The van der Waals surface area contributed by atoms with Gasteiger partial charge < -0.3 is 10.7 Å². The molecule has 2 aromatic heterocycles. The Hall–Kier alpha value is -2.21. The first-order valence-corrected chi connectivity index (χ1v) is 5.74. The molecular formula is C12H16N6. The lowest BCUT2D eigenvalue weighted by Crippen LogP contribution is -2.12. The third kappa shape index (κ3) is 3.39. The van der Waals surface area contributed by atoms with Crippen LogP contribution < -0.4 is 16.6 Å². The van der Waals surface area contributed by atoms with Crippen LogP contribution >= 0.6 is 0 Å². The van der Waals surface area contributed by atoms with E-state index in [0.29, 0.717) is 11.6 Å². The van der Waals surface area contributed by atoms with Gasteiger partial charge in [0.1, 0.15) is 17.5 Å². The molecule has 0 aliphatic rings. The van der Waals surface area contributed by atoms with Gasteiger partial charge in [-0.25, -0.2) is 15.8 Å². The van der Waals surface area contributed by atoms with Crippen molar-refractivity contribution in [3.63, 3.8) is 0 Å². The highest BCUT2D eigenvalue weighted by Gasteiger charge is 2.00. The molecule has 0 atom stereocenters. The van der Waals surface area contributed by atoms with Crippen LogP contribution in [-0.2, 0) is 6.42 Å². The van der Waals surface area contributed by atoms with Gasteiger partial charge in [-0.15, -0.1) is 0 Å². The first-order valence-electron chi connectivity index (χ1n) is 5.74. The lowest BCUT2D eigenvalue weighted by atomic mass is 10.3. The predicted octanol–water partition coefficient (Wildman–Crippen LogP) is 1.12. The molecule has 6 nitrogen and oxygen atoms in total. The van der Waals surface area contributed by atoms with Crippen molar-refractivity contribution in [2.24, 2.45) is 5.84 Å². The molecule has 0 amide bonds. The number of hydrogen-bond donors (Lipinski definition) is 3. The fourth-order valence-electron chi connectivity index (χ4n) is 1.60. The molecule has 0 fully saturated rings. The summed E-state index contributed by atoms with van der Waals surface area (Å²) in [7, 11) is 0. The van der Waals surface area contributed by atoms with Gasteiger partial charge in [-0.1, -0.05) is 6.07 Å². The summed E-state index contributed by atoms with van der Waals surface area (Å²) in [6.07, 6.45) is 2.63. The van der Waals surface area contributed by atoms with Crippen molar-refractivity contribution >= 4 is 11.6 Å². The minimum absolute atomic E-state index is 0.600. The molecule has 0 saturated heterocycles. The first-order chi connectivity index (χ1) is 8.78. The highest BCUT2D eigenvalue weighted by atomic mass is 15.3. The number of hydrazine groups is 1. The maximum atomic E-state index is 5.33. The predicted molar refractivity (Wildman–Crippen MR) is 71.0 cm³/mol. The number of nitrogens with zero attached hydrogens (tertiary/aromatic N) is 3. The zero-order valence-corrected chi connectivity index (χ0v) is 10.2. The van der Waals surface area contributed by atoms with Crippen LogP contribution in [0.25, 0.3) is 0 Å². The van der Waals surface area contributed by atoms with Gasteiger partial charge in [0.2, 0.25) is 0 Å². The summed E-state index contributed by atoms with van der Waals surface area (Å²) in [5.41, 5.74) is 3.56. The minimum Gasteiger partial charge on any atom is -0.370 e. The van der Waals surface area contributed by atoms with Gasteiger partial charge in [0, 0.05) is 30.9 Å². The maximum absolute atomic E-state index is 5.33. The van der Waals surface area contributed by atoms with E-state index in [9.17, 15) is 0 Å². The molecule has 0 radical (unpaired) electrons. The van der Waals surface area contributed by atoms with E-state index in [1.807, 2.05) is 25.1 Å². The fraction of sp³-hybridized carbons (Fsp3) is 0.250. The Morgan fingerprint density at radius 3 is 2.78 bits per heavy atom. The van der Waals surface area contributed by atoms with E-state index in [1.54, 1.807) is 12.3 Å². The second-order valence-corrected chi connectivity index (χ2v) is 3.83. The second kappa shape index (κ2) is 5.92. The number of hydrogen-bond acceptors (Lipinski definition) is 6. The minimum atomic E-state index is 0.600. The highest BCUT2D eigenvalue weighted by Crippen LogP contribution is 2.09. The largest absolute Gasteiger partial charge is 0.370 e. The molecule has 6 heteroatoms. The lowest BCUT2D eigenvalue weighted by Gasteiger charge is -2.07. The molecule has 0 spiro atoms. The topological polar surface area (TPSA) is 88.8 Å². The van der Waals surface area contributed by atoms with Crippen molar-refractivity contribution in [1.82, 2.24) is 15.0 Å². The molecule has 18 heavy (non-hydrogen) atoms. The maximum Gasteiger partial charge on any atom is 0.145 e. The Morgan fingerprint density at radius 1 is 1.22 bits per heavy atom. The third-order valence-corrected chi connectivity index (χ3v) is 2.40. The molecule has 2 heterocycles. The Balaban J connectivity index is 1.92. The van der Waals surface area contributed by atoms with Crippen molar-refractivity contribution < 1.29 is 0 Å². The van der Waals surface area contributed by atoms with Crippen LogP contribution in [0.15, 0.2) is 30.5 Å². The van der Waals surface area contributed by atoms with Crippen LogP contribution in [0.1, 0.15) is 11.5 Å². The van der Waals surface area contributed by atoms with Gasteiger partial charge in [-0.2, -0.15) is 0 Å². The summed E-state index contributed by atoms with van der Waals surface area (Å²) in [6.45, 7) is 2.59. The number of nitrogen functional groups attached to an aromatic ring is 1. The van der Waals surface area contributed by atoms with Crippen LogP contribution in [0.5, 0.6) is 0 Å². The number of aryl methyl sites for hydroxylation is 1. The molecule has 94 valence electrons. The van der Waals surface area contributed by atoms with E-state index in [4.69, 9.17) is 5.84 Å². The number of rotatable bonds is 5. The molecule has 4 N–H and O–H groups in total. The third-order valence-electron chi connectivity index (χ3n) is 2.40. The molecule has 0 aliphatic heterocycles.